The van der Waals surface area contributed by atoms with E-state index in [2.05, 4.69) is 34.6 Å². The Bertz CT molecular complexity index is 189. The fourth-order valence-corrected chi connectivity index (χ4v) is 2.37. The molecule has 0 aromatic heterocycles. The largest absolute Gasteiger partial charge is 0.375 e. The SMILES string of the molecule is CC(C)CC(C)OC1CC(Cl)C1(C)C. The van der Waals surface area contributed by atoms with Gasteiger partial charge in [0.25, 0.3) is 0 Å². The highest BCUT2D eigenvalue weighted by atomic mass is 35.5. The molecular weight excluding hydrogens is 196 g/mol. The second-order valence-corrected chi connectivity index (χ2v) is 6.12. The van der Waals surface area contributed by atoms with E-state index in [0.717, 1.165) is 12.8 Å². The van der Waals surface area contributed by atoms with E-state index >= 15 is 0 Å². The fourth-order valence-electron chi connectivity index (χ4n) is 2.07. The standard InChI is InChI=1S/C12H23ClO/c1-8(2)6-9(3)14-11-7-10(13)12(11,4)5/h8-11H,6-7H2,1-5H3. The lowest BCUT2D eigenvalue weighted by Gasteiger charge is -2.49. The lowest BCUT2D eigenvalue weighted by molar-refractivity contribution is -0.123. The first-order chi connectivity index (χ1) is 6.34. The second-order valence-electron chi connectivity index (χ2n) is 5.59. The lowest BCUT2D eigenvalue weighted by atomic mass is 9.68. The zero-order valence-electron chi connectivity index (χ0n) is 10.0. The van der Waals surface area contributed by atoms with Crippen LogP contribution >= 0.6 is 11.6 Å². The molecule has 0 aliphatic heterocycles. The summed E-state index contributed by atoms with van der Waals surface area (Å²) < 4.78 is 6.00. The van der Waals surface area contributed by atoms with Gasteiger partial charge in [-0.05, 0) is 25.7 Å². The van der Waals surface area contributed by atoms with Crippen LogP contribution in [-0.2, 0) is 4.74 Å². The van der Waals surface area contributed by atoms with Crippen molar-refractivity contribution in [1.29, 1.82) is 0 Å². The molecular formula is C12H23ClO. The predicted molar refractivity (Wildman–Crippen MR) is 61.8 cm³/mol. The van der Waals surface area contributed by atoms with Gasteiger partial charge in [-0.15, -0.1) is 11.6 Å². The maximum atomic E-state index is 6.14. The van der Waals surface area contributed by atoms with Crippen LogP contribution in [0.2, 0.25) is 0 Å². The van der Waals surface area contributed by atoms with Gasteiger partial charge in [0.05, 0.1) is 12.2 Å². The molecule has 1 aliphatic carbocycles. The third-order valence-corrected chi connectivity index (χ3v) is 4.00. The number of hydrogen-bond donors (Lipinski definition) is 0. The quantitative estimate of drug-likeness (QED) is 0.652. The van der Waals surface area contributed by atoms with Crippen LogP contribution in [0.4, 0.5) is 0 Å². The van der Waals surface area contributed by atoms with Crippen LogP contribution in [0, 0.1) is 11.3 Å². The summed E-state index contributed by atoms with van der Waals surface area (Å²) in [6.07, 6.45) is 2.87. The van der Waals surface area contributed by atoms with Crippen LogP contribution in [-0.4, -0.2) is 17.6 Å². The van der Waals surface area contributed by atoms with Crippen molar-refractivity contribution in [3.8, 4) is 0 Å². The van der Waals surface area contributed by atoms with Crippen molar-refractivity contribution < 1.29 is 4.74 Å². The van der Waals surface area contributed by atoms with Crippen LogP contribution in [0.3, 0.4) is 0 Å². The van der Waals surface area contributed by atoms with E-state index in [9.17, 15) is 0 Å². The minimum absolute atomic E-state index is 0.160. The van der Waals surface area contributed by atoms with Gasteiger partial charge in [0.15, 0.2) is 0 Å². The zero-order chi connectivity index (χ0) is 10.9. The van der Waals surface area contributed by atoms with Crippen molar-refractivity contribution in [2.24, 2.45) is 11.3 Å². The molecule has 1 rings (SSSR count). The summed E-state index contributed by atoms with van der Waals surface area (Å²) in [6.45, 7) is 11.0. The van der Waals surface area contributed by atoms with Gasteiger partial charge < -0.3 is 4.74 Å². The van der Waals surface area contributed by atoms with Gasteiger partial charge >= 0.3 is 0 Å². The molecule has 1 aliphatic rings. The maximum Gasteiger partial charge on any atom is 0.0658 e. The molecule has 84 valence electrons. The van der Waals surface area contributed by atoms with Crippen LogP contribution in [0.1, 0.15) is 47.5 Å². The Morgan fingerprint density at radius 1 is 1.36 bits per heavy atom. The van der Waals surface area contributed by atoms with Crippen LogP contribution in [0.15, 0.2) is 0 Å². The summed E-state index contributed by atoms with van der Waals surface area (Å²) in [5, 5.41) is 0.291. The van der Waals surface area contributed by atoms with Crippen molar-refractivity contribution in [3.05, 3.63) is 0 Å². The highest BCUT2D eigenvalue weighted by Gasteiger charge is 2.48. The maximum absolute atomic E-state index is 6.14. The van der Waals surface area contributed by atoms with Gasteiger partial charge in [-0.2, -0.15) is 0 Å². The first kappa shape index (κ1) is 12.3. The Balaban J connectivity index is 2.32. The molecule has 3 unspecified atom stereocenters. The molecule has 0 heterocycles. The van der Waals surface area contributed by atoms with E-state index in [0.29, 0.717) is 23.5 Å². The molecule has 1 fully saturated rings. The Morgan fingerprint density at radius 3 is 2.29 bits per heavy atom. The Kier molecular flexibility index (Phi) is 3.87. The molecule has 0 amide bonds. The molecule has 0 bridgehead atoms. The summed E-state index contributed by atoms with van der Waals surface area (Å²) in [6, 6.07) is 0. The summed E-state index contributed by atoms with van der Waals surface area (Å²) in [4.78, 5) is 0. The van der Waals surface area contributed by atoms with Gasteiger partial charge in [-0.25, -0.2) is 0 Å². The second kappa shape index (κ2) is 4.40. The highest BCUT2D eigenvalue weighted by molar-refractivity contribution is 6.21. The molecule has 0 N–H and O–H groups in total. The number of alkyl halides is 1. The minimum atomic E-state index is 0.160. The third-order valence-electron chi connectivity index (χ3n) is 3.26. The molecule has 0 aromatic carbocycles. The van der Waals surface area contributed by atoms with Crippen LogP contribution in [0.25, 0.3) is 0 Å². The first-order valence-electron chi connectivity index (χ1n) is 5.63. The third kappa shape index (κ3) is 2.64. The van der Waals surface area contributed by atoms with Crippen LogP contribution < -0.4 is 0 Å². The van der Waals surface area contributed by atoms with Gasteiger partial charge in [-0.1, -0.05) is 27.7 Å². The first-order valence-corrected chi connectivity index (χ1v) is 6.07. The molecule has 0 saturated heterocycles. The smallest absolute Gasteiger partial charge is 0.0658 e. The predicted octanol–water partition coefficient (Wildman–Crippen LogP) is 3.84. The van der Waals surface area contributed by atoms with Crippen molar-refractivity contribution in [1.82, 2.24) is 0 Å². The molecule has 1 nitrogen and oxygen atoms in total. The van der Waals surface area contributed by atoms with E-state index in [1.54, 1.807) is 0 Å². The number of hydrogen-bond acceptors (Lipinski definition) is 1. The van der Waals surface area contributed by atoms with Gasteiger partial charge in [0.2, 0.25) is 0 Å². The van der Waals surface area contributed by atoms with Gasteiger partial charge in [0, 0.05) is 10.8 Å². The van der Waals surface area contributed by atoms with Crippen molar-refractivity contribution in [3.63, 3.8) is 0 Å². The minimum Gasteiger partial charge on any atom is -0.375 e. The van der Waals surface area contributed by atoms with Crippen molar-refractivity contribution in [2.45, 2.75) is 65.0 Å². The van der Waals surface area contributed by atoms with Crippen LogP contribution in [0.5, 0.6) is 0 Å². The molecule has 2 heteroatoms. The normalized spacial score (nSPS) is 32.8. The zero-order valence-corrected chi connectivity index (χ0v) is 10.8. The monoisotopic (exact) mass is 218 g/mol. The summed E-state index contributed by atoms with van der Waals surface area (Å²) in [5.74, 6) is 0.708. The van der Waals surface area contributed by atoms with E-state index < -0.39 is 0 Å². The summed E-state index contributed by atoms with van der Waals surface area (Å²) >= 11 is 6.14. The topological polar surface area (TPSA) is 9.23 Å². The summed E-state index contributed by atoms with van der Waals surface area (Å²) in [5.41, 5.74) is 0.160. The fraction of sp³-hybridized carbons (Fsp3) is 1.00. The molecule has 14 heavy (non-hydrogen) atoms. The molecule has 1 saturated carbocycles. The van der Waals surface area contributed by atoms with Crippen molar-refractivity contribution >= 4 is 11.6 Å². The number of rotatable bonds is 4. The molecule has 3 atom stereocenters. The summed E-state index contributed by atoms with van der Waals surface area (Å²) in [7, 11) is 0. The average Bonchev–Trinajstić information content (AvgIpc) is 2.02. The average molecular weight is 219 g/mol. The van der Waals surface area contributed by atoms with E-state index in [1.165, 1.54) is 0 Å². The Morgan fingerprint density at radius 2 is 1.93 bits per heavy atom. The van der Waals surface area contributed by atoms with Gasteiger partial charge in [-0.3, -0.25) is 0 Å². The Hall–Kier alpha value is 0.250. The van der Waals surface area contributed by atoms with E-state index in [1.807, 2.05) is 0 Å². The van der Waals surface area contributed by atoms with Crippen molar-refractivity contribution in [2.75, 3.05) is 0 Å². The molecule has 0 spiro atoms. The highest BCUT2D eigenvalue weighted by Crippen LogP contribution is 2.46. The molecule has 0 radical (unpaired) electrons. The van der Waals surface area contributed by atoms with Gasteiger partial charge in [0.1, 0.15) is 0 Å². The van der Waals surface area contributed by atoms with E-state index in [4.69, 9.17) is 16.3 Å². The molecule has 0 aromatic rings. The van der Waals surface area contributed by atoms with E-state index in [-0.39, 0.29) is 5.41 Å². The lowest BCUT2D eigenvalue weighted by Crippen LogP contribution is -2.52. The number of ether oxygens (including phenoxy) is 1. The Labute approximate surface area is 93.2 Å². The number of halogens is 1.